The number of benzene rings is 3. The van der Waals surface area contributed by atoms with Gasteiger partial charge in [0.25, 0.3) is 5.69 Å². The molecule has 7 nitrogen and oxygen atoms in total. The van der Waals surface area contributed by atoms with Crippen LogP contribution in [0.2, 0.25) is 10.0 Å². The predicted octanol–water partition coefficient (Wildman–Crippen LogP) is 6.25. The van der Waals surface area contributed by atoms with Crippen LogP contribution < -0.4 is 20.1 Å². The fourth-order valence-electron chi connectivity index (χ4n) is 3.08. The summed E-state index contributed by atoms with van der Waals surface area (Å²) in [6.07, 6.45) is 0. The largest absolute Gasteiger partial charge is 0.493 e. The fourth-order valence-corrected chi connectivity index (χ4v) is 3.55. The molecular weight excluding hydrogens is 508 g/mol. The molecule has 3 rings (SSSR count). The molecule has 11 heteroatoms. The highest BCUT2D eigenvalue weighted by Gasteiger charge is 2.13. The van der Waals surface area contributed by atoms with E-state index in [4.69, 9.17) is 32.7 Å². The van der Waals surface area contributed by atoms with E-state index in [2.05, 4.69) is 10.6 Å². The third kappa shape index (κ3) is 7.36. The summed E-state index contributed by atoms with van der Waals surface area (Å²) in [4.78, 5) is 10.3. The van der Waals surface area contributed by atoms with E-state index in [1.807, 2.05) is 12.1 Å². The van der Waals surface area contributed by atoms with Crippen molar-refractivity contribution >= 4 is 47.0 Å². The van der Waals surface area contributed by atoms with Gasteiger partial charge in [-0.25, -0.2) is 4.39 Å². The van der Waals surface area contributed by atoms with Crippen molar-refractivity contribution in [2.24, 2.45) is 0 Å². The summed E-state index contributed by atoms with van der Waals surface area (Å²) in [5.41, 5.74) is 2.09. The average molecular weight is 531 g/mol. The smallest absolute Gasteiger partial charge is 0.271 e. The highest BCUT2D eigenvalue weighted by molar-refractivity contribution is 6.33. The summed E-state index contributed by atoms with van der Waals surface area (Å²) >= 11 is 12.2. The van der Waals surface area contributed by atoms with Crippen molar-refractivity contribution in [2.45, 2.75) is 13.2 Å². The predicted molar refractivity (Wildman–Crippen MR) is 134 cm³/mol. The molecule has 0 atom stereocenters. The van der Waals surface area contributed by atoms with Crippen LogP contribution in [-0.4, -0.2) is 25.1 Å². The Hall–Kier alpha value is -2.78. The number of hydrogen-bond acceptors (Lipinski definition) is 6. The highest BCUT2D eigenvalue weighted by atomic mass is 35.5. The molecule has 0 heterocycles. The van der Waals surface area contributed by atoms with E-state index in [1.165, 1.54) is 24.3 Å². The Balaban J connectivity index is 0.00000408. The third-order valence-corrected chi connectivity index (χ3v) is 5.43. The number of nitro benzene ring substituents is 1. The number of rotatable bonds is 11. The van der Waals surface area contributed by atoms with Crippen molar-refractivity contribution in [3.63, 3.8) is 0 Å². The molecule has 182 valence electrons. The Morgan fingerprint density at radius 2 is 1.82 bits per heavy atom. The zero-order chi connectivity index (χ0) is 23.8. The van der Waals surface area contributed by atoms with E-state index >= 15 is 0 Å². The molecule has 0 saturated heterocycles. The minimum atomic E-state index is -0.491. The maximum atomic E-state index is 13.3. The van der Waals surface area contributed by atoms with Gasteiger partial charge in [-0.2, -0.15) is 0 Å². The van der Waals surface area contributed by atoms with Crippen molar-refractivity contribution in [3.8, 4) is 11.5 Å². The van der Waals surface area contributed by atoms with Gasteiger partial charge in [0.1, 0.15) is 12.4 Å². The molecule has 0 unspecified atom stereocenters. The Morgan fingerprint density at radius 3 is 2.50 bits per heavy atom. The van der Waals surface area contributed by atoms with Crippen LogP contribution in [0, 0.1) is 15.9 Å². The normalized spacial score (nSPS) is 10.4. The van der Waals surface area contributed by atoms with E-state index in [-0.39, 0.29) is 29.7 Å². The molecule has 34 heavy (non-hydrogen) atoms. The van der Waals surface area contributed by atoms with Gasteiger partial charge in [0, 0.05) is 42.9 Å². The number of non-ortho nitro benzene ring substituents is 1. The summed E-state index contributed by atoms with van der Waals surface area (Å²) in [6.45, 7) is 1.79. The molecule has 0 radical (unpaired) electrons. The Bertz CT molecular complexity index is 1130. The second-order valence-electron chi connectivity index (χ2n) is 7.00. The summed E-state index contributed by atoms with van der Waals surface area (Å²) in [7, 11) is 1.56. The Labute approximate surface area is 212 Å². The van der Waals surface area contributed by atoms with Crippen LogP contribution in [0.15, 0.2) is 54.6 Å². The third-order valence-electron chi connectivity index (χ3n) is 4.76. The van der Waals surface area contributed by atoms with Gasteiger partial charge in [-0.15, -0.1) is 12.4 Å². The van der Waals surface area contributed by atoms with Crippen molar-refractivity contribution in [1.29, 1.82) is 0 Å². The summed E-state index contributed by atoms with van der Waals surface area (Å²) in [5.74, 6) is 0.733. The zero-order valence-corrected chi connectivity index (χ0v) is 20.5. The van der Waals surface area contributed by atoms with Crippen LogP contribution in [-0.2, 0) is 13.2 Å². The van der Waals surface area contributed by atoms with E-state index in [0.29, 0.717) is 47.4 Å². The number of ether oxygens (including phenoxy) is 2. The number of nitrogens with zero attached hydrogens (tertiary/aromatic N) is 1. The van der Waals surface area contributed by atoms with Crippen LogP contribution in [0.1, 0.15) is 11.1 Å². The first-order valence-electron chi connectivity index (χ1n) is 10.00. The lowest BCUT2D eigenvalue weighted by Gasteiger charge is -2.16. The minimum absolute atomic E-state index is 0. The van der Waals surface area contributed by atoms with Crippen molar-refractivity contribution in [3.05, 3.63) is 91.7 Å². The van der Waals surface area contributed by atoms with Gasteiger partial charge in [0.15, 0.2) is 11.5 Å². The molecule has 0 aliphatic rings. The summed E-state index contributed by atoms with van der Waals surface area (Å²) in [6, 6.07) is 14.0. The topological polar surface area (TPSA) is 85.7 Å². The molecule has 0 aliphatic carbocycles. The molecule has 3 aromatic rings. The molecule has 0 aliphatic heterocycles. The average Bonchev–Trinajstić information content (AvgIpc) is 2.79. The molecule has 0 aromatic heterocycles. The number of hydrogen-bond donors (Lipinski definition) is 2. The zero-order valence-electron chi connectivity index (χ0n) is 18.1. The first-order chi connectivity index (χ1) is 15.9. The van der Waals surface area contributed by atoms with Crippen LogP contribution in [0.3, 0.4) is 0 Å². The monoisotopic (exact) mass is 529 g/mol. The van der Waals surface area contributed by atoms with Gasteiger partial charge in [-0.3, -0.25) is 10.1 Å². The van der Waals surface area contributed by atoms with E-state index in [1.54, 1.807) is 25.3 Å². The lowest BCUT2D eigenvalue weighted by atomic mass is 10.1. The molecule has 0 fully saturated rings. The maximum absolute atomic E-state index is 13.3. The Kier molecular flexibility index (Phi) is 10.7. The van der Waals surface area contributed by atoms with Crippen LogP contribution in [0.5, 0.6) is 11.5 Å². The summed E-state index contributed by atoms with van der Waals surface area (Å²) in [5, 5.41) is 17.8. The molecular formula is C23H23Cl3FN3O4. The van der Waals surface area contributed by atoms with Gasteiger partial charge in [0.05, 0.1) is 27.8 Å². The lowest BCUT2D eigenvalue weighted by Crippen LogP contribution is -2.22. The maximum Gasteiger partial charge on any atom is 0.271 e. The number of anilines is 1. The van der Waals surface area contributed by atoms with Crippen LogP contribution >= 0.6 is 35.6 Å². The van der Waals surface area contributed by atoms with Crippen molar-refractivity contribution in [2.75, 3.05) is 25.5 Å². The number of methoxy groups -OCH3 is 1. The number of nitrogens with one attached hydrogen (secondary N) is 2. The second kappa shape index (κ2) is 13.2. The first kappa shape index (κ1) is 27.5. The quantitative estimate of drug-likeness (QED) is 0.173. The van der Waals surface area contributed by atoms with Gasteiger partial charge in [-0.05, 0) is 24.3 Å². The van der Waals surface area contributed by atoms with Crippen molar-refractivity contribution < 1.29 is 18.8 Å². The van der Waals surface area contributed by atoms with Gasteiger partial charge < -0.3 is 20.1 Å². The summed E-state index contributed by atoms with van der Waals surface area (Å²) < 4.78 is 24.7. The van der Waals surface area contributed by atoms with Gasteiger partial charge in [-0.1, -0.05) is 41.4 Å². The van der Waals surface area contributed by atoms with Crippen LogP contribution in [0.4, 0.5) is 15.8 Å². The fraction of sp³-hybridized carbons (Fsp3) is 0.217. The van der Waals surface area contributed by atoms with Gasteiger partial charge in [0.2, 0.25) is 0 Å². The van der Waals surface area contributed by atoms with E-state index in [0.717, 1.165) is 5.56 Å². The molecule has 0 saturated carbocycles. The van der Waals surface area contributed by atoms with Crippen LogP contribution in [0.25, 0.3) is 0 Å². The van der Waals surface area contributed by atoms with E-state index < -0.39 is 10.7 Å². The molecule has 0 spiro atoms. The molecule has 3 aromatic carbocycles. The lowest BCUT2D eigenvalue weighted by molar-refractivity contribution is -0.384. The second-order valence-corrected chi connectivity index (χ2v) is 7.81. The standard InChI is InChI=1S/C23H22Cl2FN3O4.ClH/c1-32-22-4-2-3-15(23(22)33-14-16-5-6-17(26)11-19(16)24)13-27-9-10-28-21-8-7-18(29(30)31)12-20(21)25;/h2-8,11-12,27-28H,9-10,13-14H2,1H3;1H. The number of nitro groups is 1. The minimum Gasteiger partial charge on any atom is -0.493 e. The molecule has 0 bridgehead atoms. The van der Waals surface area contributed by atoms with E-state index in [9.17, 15) is 14.5 Å². The van der Waals surface area contributed by atoms with Crippen molar-refractivity contribution in [1.82, 2.24) is 5.32 Å². The number of halogens is 4. The first-order valence-corrected chi connectivity index (χ1v) is 10.8. The molecule has 2 N–H and O–H groups in total. The van der Waals surface area contributed by atoms with Gasteiger partial charge >= 0.3 is 0 Å². The SMILES string of the molecule is COc1cccc(CNCCNc2ccc([N+](=O)[O-])cc2Cl)c1OCc1ccc(F)cc1Cl.Cl. The number of para-hydroxylation sites is 1. The molecule has 0 amide bonds. The Morgan fingerprint density at radius 1 is 1.03 bits per heavy atom. The highest BCUT2D eigenvalue weighted by Crippen LogP contribution is 2.32.